The molecule has 4 N–H and O–H groups in total. The number of benzene rings is 1. The van der Waals surface area contributed by atoms with Crippen molar-refractivity contribution in [3.8, 4) is 0 Å². The van der Waals surface area contributed by atoms with Crippen LogP contribution in [0, 0.1) is 29.1 Å². The largest absolute Gasteiger partial charge is 0.465 e. The fraction of sp³-hybridized carbons (Fsp3) is 0.588. The van der Waals surface area contributed by atoms with Crippen molar-refractivity contribution in [2.45, 2.75) is 92.5 Å². The molecule has 7 atom stereocenters. The number of carbonyl (C=O) groups is 2. The number of hydrogen-bond donors (Lipinski definition) is 3. The third-order valence-corrected chi connectivity index (χ3v) is 7.23. The number of esters is 1. The predicted molar refractivity (Wildman–Crippen MR) is 166 cm³/mol. The summed E-state index contributed by atoms with van der Waals surface area (Å²) >= 11 is 0. The Labute approximate surface area is 247 Å². The highest BCUT2D eigenvalue weighted by atomic mass is 16.6. The number of rotatable bonds is 17. The molecule has 0 saturated carbocycles. The molecule has 0 spiro atoms. The van der Waals surface area contributed by atoms with Crippen molar-refractivity contribution < 1.29 is 29.3 Å². The SMILES string of the molecule is C[C@H]([C@@H](OC(N)=O)[C@@H](C)/C=C\c1ccccc1)[C@H](O)CC/C=C\[C@H](C)[C@@H](O)[C@@H](C)/C=C\CCCOC(=O)C(C)(C)C. The van der Waals surface area contributed by atoms with Gasteiger partial charge in [0.1, 0.15) is 6.10 Å². The third-order valence-electron chi connectivity index (χ3n) is 7.23. The zero-order valence-corrected chi connectivity index (χ0v) is 26.0. The molecule has 0 fully saturated rings. The number of hydrogen-bond acceptors (Lipinski definition) is 6. The number of nitrogens with two attached hydrogens (primary N) is 1. The molecule has 0 saturated heterocycles. The summed E-state index contributed by atoms with van der Waals surface area (Å²) in [7, 11) is 0. The quantitative estimate of drug-likeness (QED) is 0.109. The van der Waals surface area contributed by atoms with Gasteiger partial charge in [-0.3, -0.25) is 4.79 Å². The van der Waals surface area contributed by atoms with Gasteiger partial charge in [0.25, 0.3) is 0 Å². The van der Waals surface area contributed by atoms with Gasteiger partial charge in [-0.15, -0.1) is 0 Å². The van der Waals surface area contributed by atoms with Gasteiger partial charge < -0.3 is 25.4 Å². The van der Waals surface area contributed by atoms with E-state index in [-0.39, 0.29) is 29.6 Å². The summed E-state index contributed by atoms with van der Waals surface area (Å²) < 4.78 is 10.7. The molecular formula is C34H53NO6. The molecule has 0 heterocycles. The second kappa shape index (κ2) is 18.5. The molecule has 0 radical (unpaired) electrons. The average Bonchev–Trinajstić information content (AvgIpc) is 2.93. The molecule has 41 heavy (non-hydrogen) atoms. The van der Waals surface area contributed by atoms with E-state index in [0.717, 1.165) is 18.4 Å². The summed E-state index contributed by atoms with van der Waals surface area (Å²) in [5.74, 6) is -0.764. The van der Waals surface area contributed by atoms with Crippen molar-refractivity contribution in [2.75, 3.05) is 6.61 Å². The fourth-order valence-electron chi connectivity index (χ4n) is 4.42. The maximum Gasteiger partial charge on any atom is 0.404 e. The third kappa shape index (κ3) is 14.5. The van der Waals surface area contributed by atoms with E-state index in [9.17, 15) is 19.8 Å². The lowest BCUT2D eigenvalue weighted by molar-refractivity contribution is -0.153. The highest BCUT2D eigenvalue weighted by Crippen LogP contribution is 2.25. The van der Waals surface area contributed by atoms with Gasteiger partial charge in [-0.05, 0) is 52.0 Å². The van der Waals surface area contributed by atoms with Gasteiger partial charge in [0.15, 0.2) is 0 Å². The maximum atomic E-state index is 11.8. The Morgan fingerprint density at radius 2 is 1.49 bits per heavy atom. The zero-order valence-electron chi connectivity index (χ0n) is 26.0. The van der Waals surface area contributed by atoms with E-state index in [0.29, 0.717) is 19.4 Å². The van der Waals surface area contributed by atoms with Crippen LogP contribution in [-0.2, 0) is 14.3 Å². The van der Waals surface area contributed by atoms with Gasteiger partial charge in [-0.2, -0.15) is 0 Å². The summed E-state index contributed by atoms with van der Waals surface area (Å²) in [4.78, 5) is 23.4. The van der Waals surface area contributed by atoms with E-state index >= 15 is 0 Å². The molecule has 1 aromatic carbocycles. The van der Waals surface area contributed by atoms with Crippen LogP contribution in [0.1, 0.15) is 79.7 Å². The molecule has 1 aromatic rings. The molecule has 0 unspecified atom stereocenters. The minimum atomic E-state index is -0.858. The van der Waals surface area contributed by atoms with Crippen LogP contribution < -0.4 is 5.73 Å². The van der Waals surface area contributed by atoms with Crippen LogP contribution in [-0.4, -0.2) is 47.2 Å². The monoisotopic (exact) mass is 571 g/mol. The standard InChI is InChI=1S/C34H53NO6/c1-24(16-10-9-15-23-40-32(38)34(5,6)7)30(37)25(2)17-13-14-20-29(36)27(4)31(41-33(35)39)26(3)21-22-28-18-11-8-12-19-28/h8,10-13,16-19,21-22,24-27,29-31,36-37H,9,14-15,20,23H2,1-7H3,(H2,35,39)/b16-10-,17-13-,22-21-/t24-,25-,26-,27-,29+,30-,31-/m0/s1. The second-order valence-electron chi connectivity index (χ2n) is 12.1. The van der Waals surface area contributed by atoms with Gasteiger partial charge in [-0.25, -0.2) is 4.79 Å². The number of carbonyl (C=O) groups excluding carboxylic acids is 2. The Bertz CT molecular complexity index is 981. The summed E-state index contributed by atoms with van der Waals surface area (Å²) in [5, 5.41) is 21.6. The molecule has 0 aliphatic rings. The summed E-state index contributed by atoms with van der Waals surface area (Å²) in [6.45, 7) is 13.6. The molecular weight excluding hydrogens is 518 g/mol. The molecule has 230 valence electrons. The van der Waals surface area contributed by atoms with Crippen LogP contribution in [0.2, 0.25) is 0 Å². The van der Waals surface area contributed by atoms with Crippen molar-refractivity contribution >= 4 is 18.1 Å². The van der Waals surface area contributed by atoms with E-state index in [4.69, 9.17) is 15.2 Å². The zero-order chi connectivity index (χ0) is 31.0. The second-order valence-corrected chi connectivity index (χ2v) is 12.1. The number of unbranched alkanes of at least 4 members (excludes halogenated alkanes) is 1. The summed E-state index contributed by atoms with van der Waals surface area (Å²) in [5.41, 5.74) is 5.88. The highest BCUT2D eigenvalue weighted by molar-refractivity contribution is 5.75. The number of aliphatic hydroxyl groups is 2. The van der Waals surface area contributed by atoms with E-state index in [1.165, 1.54) is 0 Å². The van der Waals surface area contributed by atoms with Crippen LogP contribution in [0.4, 0.5) is 4.79 Å². The van der Waals surface area contributed by atoms with Crippen molar-refractivity contribution in [2.24, 2.45) is 34.8 Å². The first-order valence-corrected chi connectivity index (χ1v) is 14.8. The van der Waals surface area contributed by atoms with Crippen LogP contribution >= 0.6 is 0 Å². The lowest BCUT2D eigenvalue weighted by Crippen LogP contribution is -2.38. The summed E-state index contributed by atoms with van der Waals surface area (Å²) in [6, 6.07) is 9.84. The van der Waals surface area contributed by atoms with Gasteiger partial charge in [-0.1, -0.05) is 94.5 Å². The normalized spacial score (nSPS) is 17.7. The minimum absolute atomic E-state index is 0.0328. The topological polar surface area (TPSA) is 119 Å². The number of allylic oxidation sites excluding steroid dienone is 2. The van der Waals surface area contributed by atoms with Crippen LogP contribution in [0.15, 0.2) is 60.7 Å². The van der Waals surface area contributed by atoms with Gasteiger partial charge in [0, 0.05) is 23.7 Å². The van der Waals surface area contributed by atoms with E-state index in [1.54, 1.807) is 0 Å². The minimum Gasteiger partial charge on any atom is -0.465 e. The van der Waals surface area contributed by atoms with E-state index in [1.807, 2.05) is 115 Å². The van der Waals surface area contributed by atoms with Gasteiger partial charge in [0.05, 0.1) is 24.2 Å². The Morgan fingerprint density at radius 1 is 0.902 bits per heavy atom. The lowest BCUT2D eigenvalue weighted by Gasteiger charge is -2.30. The van der Waals surface area contributed by atoms with E-state index in [2.05, 4.69) is 0 Å². The number of aliphatic hydroxyl groups excluding tert-OH is 2. The number of primary amides is 1. The maximum absolute atomic E-state index is 11.8. The Morgan fingerprint density at radius 3 is 2.05 bits per heavy atom. The first-order chi connectivity index (χ1) is 19.2. The molecule has 7 heteroatoms. The van der Waals surface area contributed by atoms with Crippen LogP contribution in [0.3, 0.4) is 0 Å². The molecule has 0 aliphatic heterocycles. The van der Waals surface area contributed by atoms with Crippen molar-refractivity contribution in [3.63, 3.8) is 0 Å². The summed E-state index contributed by atoms with van der Waals surface area (Å²) in [6.07, 6.45) is 11.9. The van der Waals surface area contributed by atoms with Crippen molar-refractivity contribution in [1.29, 1.82) is 0 Å². The molecule has 0 aliphatic carbocycles. The van der Waals surface area contributed by atoms with E-state index < -0.39 is 29.8 Å². The lowest BCUT2D eigenvalue weighted by atomic mass is 9.86. The molecule has 0 aromatic heterocycles. The predicted octanol–water partition coefficient (Wildman–Crippen LogP) is 6.69. The molecule has 0 bridgehead atoms. The smallest absolute Gasteiger partial charge is 0.404 e. The first-order valence-electron chi connectivity index (χ1n) is 14.8. The fourth-order valence-corrected chi connectivity index (χ4v) is 4.42. The Hall–Kier alpha value is -2.90. The molecule has 7 nitrogen and oxygen atoms in total. The number of amides is 1. The molecule has 1 amide bonds. The average molecular weight is 572 g/mol. The van der Waals surface area contributed by atoms with Crippen molar-refractivity contribution in [3.05, 3.63) is 66.3 Å². The number of ether oxygens (including phenoxy) is 2. The Balaban J connectivity index is 2.52. The highest BCUT2D eigenvalue weighted by Gasteiger charge is 2.30. The van der Waals surface area contributed by atoms with Gasteiger partial charge >= 0.3 is 12.1 Å². The molecule has 1 rings (SSSR count). The van der Waals surface area contributed by atoms with Crippen molar-refractivity contribution in [1.82, 2.24) is 0 Å². The van der Waals surface area contributed by atoms with Crippen LogP contribution in [0.25, 0.3) is 6.08 Å². The van der Waals surface area contributed by atoms with Crippen LogP contribution in [0.5, 0.6) is 0 Å². The Kier molecular flexibility index (Phi) is 16.3. The van der Waals surface area contributed by atoms with Gasteiger partial charge in [0.2, 0.25) is 0 Å². The first kappa shape index (κ1) is 36.1.